The number of halogens is 1. The molecule has 1 nitrogen and oxygen atoms in total. The highest BCUT2D eigenvalue weighted by Gasteiger charge is 2.08. The average Bonchev–Trinajstić information content (AvgIpc) is 2.75. The Morgan fingerprint density at radius 3 is 2.65 bits per heavy atom. The van der Waals surface area contributed by atoms with Gasteiger partial charge < -0.3 is 5.32 Å². The number of rotatable bonds is 4. The van der Waals surface area contributed by atoms with Crippen LogP contribution in [0.1, 0.15) is 17.5 Å². The molecule has 0 aliphatic rings. The second-order valence-electron chi connectivity index (χ2n) is 5.23. The zero-order valence-corrected chi connectivity index (χ0v) is 14.2. The zero-order chi connectivity index (χ0) is 14.1. The van der Waals surface area contributed by atoms with Crippen LogP contribution in [0.4, 0.5) is 5.69 Å². The van der Waals surface area contributed by atoms with Crippen LogP contribution in [0.3, 0.4) is 0 Å². The van der Waals surface area contributed by atoms with Crippen LogP contribution in [0, 0.1) is 13.8 Å². The predicted octanol–water partition coefficient (Wildman–Crippen LogP) is 5.87. The van der Waals surface area contributed by atoms with Gasteiger partial charge in [-0.05, 0) is 49.6 Å². The zero-order valence-electron chi connectivity index (χ0n) is 11.8. The Morgan fingerprint density at radius 1 is 1.05 bits per heavy atom. The topological polar surface area (TPSA) is 12.0 Å². The lowest BCUT2D eigenvalue weighted by Gasteiger charge is -2.09. The number of nitrogens with one attached hydrogen (secondary N) is 1. The molecule has 1 heterocycles. The van der Waals surface area contributed by atoms with E-state index in [4.69, 9.17) is 0 Å². The van der Waals surface area contributed by atoms with E-state index in [1.165, 1.54) is 37.0 Å². The SMILES string of the molecule is Cc1ccc2c(c1)sc1cc(C)c(NCCCBr)cc12. The summed E-state index contributed by atoms with van der Waals surface area (Å²) in [6.07, 6.45) is 1.14. The van der Waals surface area contributed by atoms with E-state index in [1.54, 1.807) is 0 Å². The molecule has 0 spiro atoms. The van der Waals surface area contributed by atoms with Gasteiger partial charge in [0.25, 0.3) is 0 Å². The second kappa shape index (κ2) is 5.74. The third-order valence-electron chi connectivity index (χ3n) is 3.60. The monoisotopic (exact) mass is 347 g/mol. The highest BCUT2D eigenvalue weighted by atomic mass is 79.9. The minimum absolute atomic E-state index is 1.01. The molecule has 0 saturated heterocycles. The van der Waals surface area contributed by atoms with Gasteiger partial charge in [0, 0.05) is 37.7 Å². The van der Waals surface area contributed by atoms with Crippen LogP contribution >= 0.6 is 27.3 Å². The summed E-state index contributed by atoms with van der Waals surface area (Å²) in [6, 6.07) is 11.4. The van der Waals surface area contributed by atoms with E-state index in [1.807, 2.05) is 11.3 Å². The molecule has 0 fully saturated rings. The van der Waals surface area contributed by atoms with E-state index in [0.29, 0.717) is 0 Å². The molecule has 104 valence electrons. The average molecular weight is 348 g/mol. The Bertz CT molecular complexity index is 760. The van der Waals surface area contributed by atoms with Gasteiger partial charge in [0.05, 0.1) is 0 Å². The fourth-order valence-corrected chi connectivity index (χ4v) is 4.08. The van der Waals surface area contributed by atoms with Gasteiger partial charge in [0.2, 0.25) is 0 Å². The maximum Gasteiger partial charge on any atom is 0.0377 e. The summed E-state index contributed by atoms with van der Waals surface area (Å²) >= 11 is 5.37. The van der Waals surface area contributed by atoms with Gasteiger partial charge in [0.1, 0.15) is 0 Å². The van der Waals surface area contributed by atoms with Crippen LogP contribution in [0.5, 0.6) is 0 Å². The van der Waals surface area contributed by atoms with Gasteiger partial charge in [-0.15, -0.1) is 11.3 Å². The third-order valence-corrected chi connectivity index (χ3v) is 5.28. The van der Waals surface area contributed by atoms with Crippen molar-refractivity contribution in [3.05, 3.63) is 41.5 Å². The van der Waals surface area contributed by atoms with E-state index >= 15 is 0 Å². The van der Waals surface area contributed by atoms with Crippen molar-refractivity contribution in [3.63, 3.8) is 0 Å². The summed E-state index contributed by atoms with van der Waals surface area (Å²) < 4.78 is 2.77. The quantitative estimate of drug-likeness (QED) is 0.459. The molecule has 0 aliphatic carbocycles. The van der Waals surface area contributed by atoms with Crippen molar-refractivity contribution in [2.75, 3.05) is 17.2 Å². The largest absolute Gasteiger partial charge is 0.385 e. The first kappa shape index (κ1) is 13.9. The summed E-state index contributed by atoms with van der Waals surface area (Å²) in [5.41, 5.74) is 3.92. The normalized spacial score (nSPS) is 11.3. The fourth-order valence-electron chi connectivity index (χ4n) is 2.51. The molecule has 3 aromatic rings. The summed E-state index contributed by atoms with van der Waals surface area (Å²) in [5, 5.41) is 7.34. The number of thiophene rings is 1. The van der Waals surface area contributed by atoms with Crippen LogP contribution < -0.4 is 5.32 Å². The molecule has 0 unspecified atom stereocenters. The molecule has 0 aliphatic heterocycles. The molecule has 0 bridgehead atoms. The van der Waals surface area contributed by atoms with Crippen molar-refractivity contribution in [1.29, 1.82) is 0 Å². The summed E-state index contributed by atoms with van der Waals surface area (Å²) in [4.78, 5) is 0. The summed E-state index contributed by atoms with van der Waals surface area (Å²) in [5.74, 6) is 0. The van der Waals surface area contributed by atoms with Crippen LogP contribution in [0.15, 0.2) is 30.3 Å². The number of fused-ring (bicyclic) bond motifs is 3. The van der Waals surface area contributed by atoms with Gasteiger partial charge in [-0.25, -0.2) is 0 Å². The molecule has 3 heteroatoms. The van der Waals surface area contributed by atoms with E-state index in [0.717, 1.165) is 18.3 Å². The number of hydrogen-bond donors (Lipinski definition) is 1. The van der Waals surface area contributed by atoms with Crippen molar-refractivity contribution in [3.8, 4) is 0 Å². The molecule has 20 heavy (non-hydrogen) atoms. The van der Waals surface area contributed by atoms with E-state index in [9.17, 15) is 0 Å². The van der Waals surface area contributed by atoms with Crippen molar-refractivity contribution in [2.24, 2.45) is 0 Å². The van der Waals surface area contributed by atoms with Crippen molar-refractivity contribution in [1.82, 2.24) is 0 Å². The van der Waals surface area contributed by atoms with Crippen LogP contribution in [0.25, 0.3) is 20.2 Å². The third kappa shape index (κ3) is 2.57. The maximum absolute atomic E-state index is 3.55. The molecule has 1 N–H and O–H groups in total. The maximum atomic E-state index is 3.55. The first-order valence-electron chi connectivity index (χ1n) is 6.92. The molecule has 2 aromatic carbocycles. The fraction of sp³-hybridized carbons (Fsp3) is 0.294. The number of aryl methyl sites for hydroxylation is 2. The molecule has 0 amide bonds. The molecule has 1 aromatic heterocycles. The first-order valence-corrected chi connectivity index (χ1v) is 8.86. The molecular weight excluding hydrogens is 330 g/mol. The smallest absolute Gasteiger partial charge is 0.0377 e. The summed E-state index contributed by atoms with van der Waals surface area (Å²) in [7, 11) is 0. The molecule has 3 rings (SSSR count). The van der Waals surface area contributed by atoms with E-state index in [2.05, 4.69) is 65.4 Å². The molecular formula is C17H18BrNS. The van der Waals surface area contributed by atoms with Crippen LogP contribution in [0.2, 0.25) is 0 Å². The Labute approximate surface area is 132 Å². The Morgan fingerprint density at radius 2 is 1.85 bits per heavy atom. The lowest BCUT2D eigenvalue weighted by molar-refractivity contribution is 0.997. The van der Waals surface area contributed by atoms with Gasteiger partial charge in [-0.3, -0.25) is 0 Å². The van der Waals surface area contributed by atoms with Crippen molar-refractivity contribution >= 4 is 53.1 Å². The lowest BCUT2D eigenvalue weighted by atomic mass is 10.1. The molecule has 0 atom stereocenters. The van der Waals surface area contributed by atoms with Crippen molar-refractivity contribution < 1.29 is 0 Å². The van der Waals surface area contributed by atoms with Gasteiger partial charge in [-0.2, -0.15) is 0 Å². The predicted molar refractivity (Wildman–Crippen MR) is 95.7 cm³/mol. The number of benzene rings is 2. The Kier molecular flexibility index (Phi) is 3.99. The van der Waals surface area contributed by atoms with E-state index < -0.39 is 0 Å². The standard InChI is InChI=1S/C17H18BrNS/c1-11-4-5-13-14-10-15(19-7-3-6-18)12(2)9-17(14)20-16(13)8-11/h4-5,8-10,19H,3,6-7H2,1-2H3. The number of alkyl halides is 1. The highest BCUT2D eigenvalue weighted by molar-refractivity contribution is 9.09. The minimum Gasteiger partial charge on any atom is -0.385 e. The molecule has 0 radical (unpaired) electrons. The van der Waals surface area contributed by atoms with Gasteiger partial charge >= 0.3 is 0 Å². The minimum atomic E-state index is 1.01. The van der Waals surface area contributed by atoms with Gasteiger partial charge in [-0.1, -0.05) is 28.1 Å². The summed E-state index contributed by atoms with van der Waals surface area (Å²) in [6.45, 7) is 5.35. The molecule has 0 saturated carbocycles. The Hall–Kier alpha value is -1.06. The van der Waals surface area contributed by atoms with Gasteiger partial charge in [0.15, 0.2) is 0 Å². The van der Waals surface area contributed by atoms with Crippen LogP contribution in [-0.2, 0) is 0 Å². The number of anilines is 1. The Balaban J connectivity index is 2.10. The number of hydrogen-bond acceptors (Lipinski definition) is 2. The van der Waals surface area contributed by atoms with Crippen molar-refractivity contribution in [2.45, 2.75) is 20.3 Å². The first-order chi connectivity index (χ1) is 9.69. The van der Waals surface area contributed by atoms with Crippen LogP contribution in [-0.4, -0.2) is 11.9 Å². The second-order valence-corrected chi connectivity index (χ2v) is 7.11. The van der Waals surface area contributed by atoms with E-state index in [-0.39, 0.29) is 0 Å². The highest BCUT2D eigenvalue weighted by Crippen LogP contribution is 2.37. The lowest BCUT2D eigenvalue weighted by Crippen LogP contribution is -2.03.